The van der Waals surface area contributed by atoms with Gasteiger partial charge in [-0.1, -0.05) is 6.92 Å². The number of hydrogen-bond acceptors (Lipinski definition) is 4. The van der Waals surface area contributed by atoms with E-state index in [1.807, 2.05) is 13.8 Å². The number of ketones is 1. The Kier molecular flexibility index (Phi) is 4.33. The van der Waals surface area contributed by atoms with Gasteiger partial charge in [0.1, 0.15) is 11.5 Å². The molecular weight excluding hydrogens is 256 g/mol. The third-order valence-electron chi connectivity index (χ3n) is 4.18. The van der Waals surface area contributed by atoms with Crippen LogP contribution in [0.5, 0.6) is 11.5 Å². The molecule has 0 aliphatic carbocycles. The van der Waals surface area contributed by atoms with Crippen LogP contribution in [0, 0.1) is 11.8 Å². The third kappa shape index (κ3) is 2.66. The van der Waals surface area contributed by atoms with Crippen molar-refractivity contribution in [3.8, 4) is 11.5 Å². The first-order valence-corrected chi connectivity index (χ1v) is 6.90. The molecule has 20 heavy (non-hydrogen) atoms. The van der Waals surface area contributed by atoms with Crippen LogP contribution in [0.1, 0.15) is 31.1 Å². The molecule has 4 atom stereocenters. The van der Waals surface area contributed by atoms with E-state index >= 15 is 0 Å². The largest absolute Gasteiger partial charge is 0.497 e. The van der Waals surface area contributed by atoms with Crippen LogP contribution in [-0.2, 0) is 4.74 Å². The van der Waals surface area contributed by atoms with Crippen molar-refractivity contribution in [3.63, 3.8) is 0 Å². The van der Waals surface area contributed by atoms with Gasteiger partial charge in [-0.3, -0.25) is 4.79 Å². The highest BCUT2D eigenvalue weighted by molar-refractivity contribution is 5.99. The molecule has 1 aliphatic rings. The molecule has 1 saturated heterocycles. The molecule has 0 aromatic heterocycles. The minimum absolute atomic E-state index is 0.0651. The van der Waals surface area contributed by atoms with Gasteiger partial charge in [-0.05, 0) is 31.9 Å². The number of carbonyl (C=O) groups is 1. The lowest BCUT2D eigenvalue weighted by molar-refractivity contribution is 0.0491. The first-order chi connectivity index (χ1) is 9.47. The van der Waals surface area contributed by atoms with Gasteiger partial charge in [0.25, 0.3) is 0 Å². The molecule has 110 valence electrons. The van der Waals surface area contributed by atoms with Gasteiger partial charge in [0.2, 0.25) is 0 Å². The Balaban J connectivity index is 2.33. The first kappa shape index (κ1) is 14.9. The van der Waals surface area contributed by atoms with Crippen molar-refractivity contribution in [1.29, 1.82) is 0 Å². The molecule has 1 heterocycles. The minimum atomic E-state index is -0.123. The summed E-state index contributed by atoms with van der Waals surface area (Å²) in [4.78, 5) is 12.8. The first-order valence-electron chi connectivity index (χ1n) is 6.90. The molecular formula is C16H22O4. The summed E-state index contributed by atoms with van der Waals surface area (Å²) in [6.07, 6.45) is 0.0381. The van der Waals surface area contributed by atoms with E-state index in [-0.39, 0.29) is 29.8 Å². The number of Topliss-reactive ketones (excluding diaryl/α,β-unsaturated/α-hetero) is 1. The van der Waals surface area contributed by atoms with Crippen LogP contribution in [0.2, 0.25) is 0 Å². The van der Waals surface area contributed by atoms with E-state index in [1.54, 1.807) is 32.4 Å². The summed E-state index contributed by atoms with van der Waals surface area (Å²) >= 11 is 0. The highest BCUT2D eigenvalue weighted by Crippen LogP contribution is 2.35. The van der Waals surface area contributed by atoms with Crippen molar-refractivity contribution in [2.75, 3.05) is 14.2 Å². The van der Waals surface area contributed by atoms with Crippen molar-refractivity contribution in [1.82, 2.24) is 0 Å². The number of benzene rings is 1. The van der Waals surface area contributed by atoms with Crippen LogP contribution < -0.4 is 9.47 Å². The van der Waals surface area contributed by atoms with Gasteiger partial charge in [0.15, 0.2) is 5.78 Å². The Bertz CT molecular complexity index is 475. The number of ether oxygens (including phenoxy) is 3. The Morgan fingerprint density at radius 2 is 1.55 bits per heavy atom. The Labute approximate surface area is 120 Å². The predicted octanol–water partition coefficient (Wildman–Crippen LogP) is 2.95. The second-order valence-electron chi connectivity index (χ2n) is 5.40. The normalized spacial score (nSPS) is 29.2. The van der Waals surface area contributed by atoms with Crippen LogP contribution >= 0.6 is 0 Å². The maximum atomic E-state index is 12.8. The number of carbonyl (C=O) groups excluding carboxylic acids is 1. The molecule has 1 aromatic rings. The van der Waals surface area contributed by atoms with Crippen molar-refractivity contribution >= 4 is 5.78 Å². The molecule has 4 unspecified atom stereocenters. The molecule has 0 amide bonds. The zero-order valence-electron chi connectivity index (χ0n) is 12.7. The van der Waals surface area contributed by atoms with Gasteiger partial charge in [-0.2, -0.15) is 0 Å². The molecule has 2 rings (SSSR count). The molecule has 1 aromatic carbocycles. The van der Waals surface area contributed by atoms with Gasteiger partial charge >= 0.3 is 0 Å². The average molecular weight is 278 g/mol. The van der Waals surface area contributed by atoms with E-state index < -0.39 is 0 Å². The lowest BCUT2D eigenvalue weighted by atomic mass is 9.83. The molecule has 0 saturated carbocycles. The van der Waals surface area contributed by atoms with E-state index in [0.29, 0.717) is 17.1 Å². The highest BCUT2D eigenvalue weighted by atomic mass is 16.5. The predicted molar refractivity (Wildman–Crippen MR) is 76.5 cm³/mol. The summed E-state index contributed by atoms with van der Waals surface area (Å²) in [5.41, 5.74) is 0.614. The lowest BCUT2D eigenvalue weighted by Gasteiger charge is -2.18. The molecule has 0 radical (unpaired) electrons. The Hall–Kier alpha value is -1.55. The quantitative estimate of drug-likeness (QED) is 0.794. The van der Waals surface area contributed by atoms with Gasteiger partial charge in [-0.25, -0.2) is 0 Å². The van der Waals surface area contributed by atoms with Gasteiger partial charge in [0.05, 0.1) is 32.3 Å². The number of rotatable bonds is 4. The molecule has 4 nitrogen and oxygen atoms in total. The topological polar surface area (TPSA) is 44.8 Å². The smallest absolute Gasteiger partial charge is 0.169 e. The second-order valence-corrected chi connectivity index (χ2v) is 5.40. The molecule has 0 N–H and O–H groups in total. The van der Waals surface area contributed by atoms with Gasteiger partial charge in [0, 0.05) is 11.6 Å². The van der Waals surface area contributed by atoms with Crippen molar-refractivity contribution in [2.24, 2.45) is 11.8 Å². The maximum absolute atomic E-state index is 12.8. The fraction of sp³-hybridized carbons (Fsp3) is 0.562. The lowest BCUT2D eigenvalue weighted by Crippen LogP contribution is -2.26. The number of hydrogen-bond donors (Lipinski definition) is 0. The summed E-state index contributed by atoms with van der Waals surface area (Å²) in [7, 11) is 3.16. The fourth-order valence-corrected chi connectivity index (χ4v) is 2.86. The van der Waals surface area contributed by atoms with Crippen LogP contribution in [0.4, 0.5) is 0 Å². The van der Waals surface area contributed by atoms with E-state index in [0.717, 1.165) is 0 Å². The fourth-order valence-electron chi connectivity index (χ4n) is 2.86. The Morgan fingerprint density at radius 1 is 1.00 bits per heavy atom. The van der Waals surface area contributed by atoms with Crippen LogP contribution in [0.25, 0.3) is 0 Å². The molecule has 1 fully saturated rings. The van der Waals surface area contributed by atoms with Crippen LogP contribution in [0.3, 0.4) is 0 Å². The summed E-state index contributed by atoms with van der Waals surface area (Å²) in [6, 6.07) is 5.28. The third-order valence-corrected chi connectivity index (χ3v) is 4.18. The van der Waals surface area contributed by atoms with E-state index in [9.17, 15) is 4.79 Å². The molecule has 4 heteroatoms. The summed E-state index contributed by atoms with van der Waals surface area (Å²) < 4.78 is 16.2. The standard InChI is InChI=1S/C16H22O4/c1-9-10(2)20-11(3)15(9)16(17)12-6-13(18-4)8-14(7-12)19-5/h6-11,15H,1-5H3. The van der Waals surface area contributed by atoms with Gasteiger partial charge in [-0.15, -0.1) is 0 Å². The van der Waals surface area contributed by atoms with Crippen LogP contribution in [-0.4, -0.2) is 32.2 Å². The van der Waals surface area contributed by atoms with E-state index in [1.165, 1.54) is 0 Å². The summed E-state index contributed by atoms with van der Waals surface area (Å²) in [6.45, 7) is 6.04. The Morgan fingerprint density at radius 3 is 1.95 bits per heavy atom. The van der Waals surface area contributed by atoms with Gasteiger partial charge < -0.3 is 14.2 Å². The van der Waals surface area contributed by atoms with Crippen molar-refractivity contribution in [3.05, 3.63) is 23.8 Å². The minimum Gasteiger partial charge on any atom is -0.497 e. The highest BCUT2D eigenvalue weighted by Gasteiger charge is 2.41. The molecule has 0 bridgehead atoms. The van der Waals surface area contributed by atoms with Crippen molar-refractivity contribution in [2.45, 2.75) is 33.0 Å². The van der Waals surface area contributed by atoms with Crippen molar-refractivity contribution < 1.29 is 19.0 Å². The zero-order valence-corrected chi connectivity index (χ0v) is 12.7. The molecule has 1 aliphatic heterocycles. The number of methoxy groups -OCH3 is 2. The SMILES string of the molecule is COc1cc(OC)cc(C(=O)C2C(C)OC(C)C2C)c1. The second kappa shape index (κ2) is 5.83. The average Bonchev–Trinajstić information content (AvgIpc) is 2.70. The zero-order chi connectivity index (χ0) is 14.9. The van der Waals surface area contributed by atoms with Crippen LogP contribution in [0.15, 0.2) is 18.2 Å². The molecule has 0 spiro atoms. The van der Waals surface area contributed by atoms with E-state index in [4.69, 9.17) is 14.2 Å². The summed E-state index contributed by atoms with van der Waals surface area (Å²) in [5, 5.41) is 0. The van der Waals surface area contributed by atoms with E-state index in [2.05, 4.69) is 6.92 Å². The maximum Gasteiger partial charge on any atom is 0.169 e. The summed E-state index contributed by atoms with van der Waals surface area (Å²) in [5.74, 6) is 1.42. The monoisotopic (exact) mass is 278 g/mol.